The maximum absolute atomic E-state index is 12.4. The first-order chi connectivity index (χ1) is 12.7. The Bertz CT molecular complexity index is 905. The molecule has 2 aromatic heterocycles. The summed E-state index contributed by atoms with van der Waals surface area (Å²) in [6.45, 7) is 2.03. The Kier molecular flexibility index (Phi) is 4.61. The maximum atomic E-state index is 12.4. The van der Waals surface area contributed by atoms with Crippen molar-refractivity contribution in [2.45, 2.75) is 19.4 Å². The van der Waals surface area contributed by atoms with Gasteiger partial charge in [0.1, 0.15) is 0 Å². The molecule has 1 aromatic carbocycles. The molecular formula is C17H18N6O2S. The van der Waals surface area contributed by atoms with Gasteiger partial charge in [0.05, 0.1) is 23.9 Å². The highest BCUT2D eigenvalue weighted by molar-refractivity contribution is 7.20. The average Bonchev–Trinajstić information content (AvgIpc) is 3.35. The second kappa shape index (κ2) is 7.20. The highest BCUT2D eigenvalue weighted by Crippen LogP contribution is 2.21. The average molecular weight is 370 g/mol. The molecule has 0 aliphatic carbocycles. The molecule has 1 amide bonds. The van der Waals surface area contributed by atoms with Crippen molar-refractivity contribution >= 4 is 33.4 Å². The van der Waals surface area contributed by atoms with Crippen LogP contribution in [-0.2, 0) is 6.54 Å². The molecule has 1 fully saturated rings. The number of carbonyl (C=O) groups excluding carboxylic acids is 1. The molecular weight excluding hydrogens is 352 g/mol. The molecule has 3 aromatic rings. The monoisotopic (exact) mass is 370 g/mol. The summed E-state index contributed by atoms with van der Waals surface area (Å²) in [7, 11) is 1.52. The predicted molar refractivity (Wildman–Crippen MR) is 98.6 cm³/mol. The van der Waals surface area contributed by atoms with Gasteiger partial charge < -0.3 is 15.0 Å². The van der Waals surface area contributed by atoms with E-state index < -0.39 is 0 Å². The van der Waals surface area contributed by atoms with Gasteiger partial charge >= 0.3 is 6.01 Å². The van der Waals surface area contributed by atoms with E-state index in [4.69, 9.17) is 4.74 Å². The van der Waals surface area contributed by atoms with Crippen molar-refractivity contribution in [2.24, 2.45) is 0 Å². The fourth-order valence-corrected chi connectivity index (χ4v) is 3.70. The van der Waals surface area contributed by atoms with Crippen LogP contribution in [0.3, 0.4) is 0 Å². The zero-order valence-corrected chi connectivity index (χ0v) is 15.1. The van der Waals surface area contributed by atoms with Crippen LogP contribution in [0.5, 0.6) is 6.01 Å². The fraction of sp³-hybridized carbons (Fsp3) is 0.353. The Morgan fingerprint density at radius 3 is 2.77 bits per heavy atom. The number of ether oxygens (including phenoxy) is 1. The molecule has 4 rings (SSSR count). The minimum atomic E-state index is -0.242. The topological polar surface area (TPSA) is 93.1 Å². The van der Waals surface area contributed by atoms with Crippen LogP contribution in [-0.4, -0.2) is 46.0 Å². The Morgan fingerprint density at radius 2 is 2.00 bits per heavy atom. The molecule has 1 aliphatic heterocycles. The van der Waals surface area contributed by atoms with Crippen LogP contribution in [0.25, 0.3) is 10.2 Å². The van der Waals surface area contributed by atoms with Gasteiger partial charge in [-0.05, 0) is 25.0 Å². The smallest absolute Gasteiger partial charge is 0.321 e. The van der Waals surface area contributed by atoms with Gasteiger partial charge in [0, 0.05) is 13.1 Å². The molecule has 1 aliphatic rings. The summed E-state index contributed by atoms with van der Waals surface area (Å²) in [5.74, 6) is 0.820. The quantitative estimate of drug-likeness (QED) is 0.734. The number of nitrogens with one attached hydrogen (secondary N) is 1. The second-order valence-electron chi connectivity index (χ2n) is 5.90. The number of hydrogen-bond donors (Lipinski definition) is 1. The Labute approximate surface area is 154 Å². The zero-order chi connectivity index (χ0) is 17.9. The standard InChI is InChI=1S/C17H18N6O2S/c1-25-17-21-13(20-16(22-17)23-8-4-5-9-23)10-18-14(24)15-19-11-6-2-3-7-12(11)26-15/h2-3,6-7H,4-5,8-10H2,1H3,(H,18,24). The summed E-state index contributed by atoms with van der Waals surface area (Å²) in [5, 5.41) is 3.25. The van der Waals surface area contributed by atoms with E-state index in [1.807, 2.05) is 24.3 Å². The molecule has 0 atom stereocenters. The summed E-state index contributed by atoms with van der Waals surface area (Å²) in [6.07, 6.45) is 2.25. The Balaban J connectivity index is 1.49. The SMILES string of the molecule is COc1nc(CNC(=O)c2nc3ccccc3s2)nc(N2CCCC2)n1. The van der Waals surface area contributed by atoms with E-state index in [0.29, 0.717) is 16.8 Å². The predicted octanol–water partition coefficient (Wildman–Crippen LogP) is 2.02. The van der Waals surface area contributed by atoms with Crippen molar-refractivity contribution in [1.29, 1.82) is 0 Å². The van der Waals surface area contributed by atoms with Crippen LogP contribution in [0.2, 0.25) is 0 Å². The number of amides is 1. The van der Waals surface area contributed by atoms with Gasteiger partial charge in [0.15, 0.2) is 10.8 Å². The van der Waals surface area contributed by atoms with Crippen LogP contribution in [0.1, 0.15) is 28.5 Å². The molecule has 26 heavy (non-hydrogen) atoms. The van der Waals surface area contributed by atoms with Gasteiger partial charge in [-0.3, -0.25) is 4.79 Å². The second-order valence-corrected chi connectivity index (χ2v) is 6.93. The lowest BCUT2D eigenvalue weighted by Gasteiger charge is -2.16. The molecule has 0 spiro atoms. The van der Waals surface area contributed by atoms with Gasteiger partial charge in [-0.1, -0.05) is 12.1 Å². The summed E-state index contributed by atoms with van der Waals surface area (Å²) in [6, 6.07) is 7.93. The van der Waals surface area contributed by atoms with Crippen molar-refractivity contribution in [3.05, 3.63) is 35.1 Å². The van der Waals surface area contributed by atoms with Crippen molar-refractivity contribution in [3.8, 4) is 6.01 Å². The van der Waals surface area contributed by atoms with Crippen LogP contribution in [0.4, 0.5) is 5.95 Å². The van der Waals surface area contributed by atoms with Crippen LogP contribution < -0.4 is 15.0 Å². The first kappa shape index (κ1) is 16.6. The van der Waals surface area contributed by atoms with E-state index in [0.717, 1.165) is 36.1 Å². The lowest BCUT2D eigenvalue weighted by molar-refractivity contribution is 0.0949. The molecule has 9 heteroatoms. The molecule has 1 saturated heterocycles. The molecule has 0 bridgehead atoms. The number of methoxy groups -OCH3 is 1. The first-order valence-corrected chi connectivity index (χ1v) is 9.22. The summed E-state index contributed by atoms with van der Waals surface area (Å²) < 4.78 is 6.16. The van der Waals surface area contributed by atoms with Crippen molar-refractivity contribution in [1.82, 2.24) is 25.3 Å². The first-order valence-electron chi connectivity index (χ1n) is 8.40. The molecule has 8 nitrogen and oxygen atoms in total. The van der Waals surface area contributed by atoms with E-state index in [1.165, 1.54) is 18.4 Å². The van der Waals surface area contributed by atoms with E-state index in [2.05, 4.69) is 30.2 Å². The highest BCUT2D eigenvalue weighted by atomic mass is 32.1. The van der Waals surface area contributed by atoms with Gasteiger partial charge in [-0.25, -0.2) is 4.98 Å². The number of benzene rings is 1. The number of thiazole rings is 1. The number of hydrogen-bond acceptors (Lipinski definition) is 8. The Morgan fingerprint density at radius 1 is 1.19 bits per heavy atom. The number of nitrogens with zero attached hydrogens (tertiary/aromatic N) is 5. The summed E-state index contributed by atoms with van der Waals surface area (Å²) in [4.78, 5) is 31.9. The van der Waals surface area contributed by atoms with Gasteiger partial charge in [-0.15, -0.1) is 11.3 Å². The molecule has 1 N–H and O–H groups in total. The fourth-order valence-electron chi connectivity index (χ4n) is 2.82. The van der Waals surface area contributed by atoms with Gasteiger partial charge in [0.25, 0.3) is 5.91 Å². The lowest BCUT2D eigenvalue weighted by atomic mass is 10.3. The van der Waals surface area contributed by atoms with Gasteiger partial charge in [-0.2, -0.15) is 15.0 Å². The van der Waals surface area contributed by atoms with E-state index in [9.17, 15) is 4.79 Å². The number of fused-ring (bicyclic) bond motifs is 1. The minimum absolute atomic E-state index is 0.189. The third-order valence-corrected chi connectivity index (χ3v) is 5.15. The molecule has 0 unspecified atom stereocenters. The zero-order valence-electron chi connectivity index (χ0n) is 14.3. The molecule has 134 valence electrons. The molecule has 3 heterocycles. The number of carbonyl (C=O) groups is 1. The van der Waals surface area contributed by atoms with Crippen molar-refractivity contribution in [3.63, 3.8) is 0 Å². The van der Waals surface area contributed by atoms with Crippen LogP contribution >= 0.6 is 11.3 Å². The van der Waals surface area contributed by atoms with E-state index in [-0.39, 0.29) is 18.5 Å². The van der Waals surface area contributed by atoms with E-state index >= 15 is 0 Å². The number of aromatic nitrogens is 4. The third-order valence-electron chi connectivity index (χ3n) is 4.12. The van der Waals surface area contributed by atoms with Crippen molar-refractivity contribution < 1.29 is 9.53 Å². The number of rotatable bonds is 5. The highest BCUT2D eigenvalue weighted by Gasteiger charge is 2.18. The van der Waals surface area contributed by atoms with Gasteiger partial charge in [0.2, 0.25) is 5.95 Å². The number of para-hydroxylation sites is 1. The van der Waals surface area contributed by atoms with E-state index in [1.54, 1.807) is 0 Å². The molecule has 0 saturated carbocycles. The lowest BCUT2D eigenvalue weighted by Crippen LogP contribution is -2.26. The maximum Gasteiger partial charge on any atom is 0.321 e. The van der Waals surface area contributed by atoms with Crippen molar-refractivity contribution in [2.75, 3.05) is 25.1 Å². The summed E-state index contributed by atoms with van der Waals surface area (Å²) in [5.41, 5.74) is 0.820. The molecule has 0 radical (unpaired) electrons. The minimum Gasteiger partial charge on any atom is -0.467 e. The van der Waals surface area contributed by atoms with Crippen LogP contribution in [0, 0.1) is 0 Å². The van der Waals surface area contributed by atoms with Crippen LogP contribution in [0.15, 0.2) is 24.3 Å². The summed E-state index contributed by atoms with van der Waals surface area (Å²) >= 11 is 1.36. The third kappa shape index (κ3) is 3.43. The largest absolute Gasteiger partial charge is 0.467 e. The normalized spacial score (nSPS) is 14.0. The number of anilines is 1. The Hall–Kier alpha value is -2.81.